The van der Waals surface area contributed by atoms with Crippen molar-refractivity contribution in [2.24, 2.45) is 0 Å². The minimum absolute atomic E-state index is 0.0862. The van der Waals surface area contributed by atoms with Crippen LogP contribution in [0.5, 0.6) is 0 Å². The third-order valence-corrected chi connectivity index (χ3v) is 14.4. The first-order valence-electron chi connectivity index (χ1n) is 34.2. The molecule has 0 heterocycles. The number of hydrogen-bond donors (Lipinski definition) is 0. The monoisotopic (exact) mass is 1130 g/mol. The lowest BCUT2D eigenvalue weighted by molar-refractivity contribution is -0.167. The Balaban J connectivity index is 4.09. The molecule has 0 aliphatic rings. The second kappa shape index (κ2) is 69.0. The lowest BCUT2D eigenvalue weighted by Crippen LogP contribution is -2.30. The summed E-state index contributed by atoms with van der Waals surface area (Å²) in [6, 6.07) is 0. The zero-order valence-electron chi connectivity index (χ0n) is 53.5. The van der Waals surface area contributed by atoms with Gasteiger partial charge in [0.15, 0.2) is 6.10 Å². The van der Waals surface area contributed by atoms with Crippen LogP contribution in [0, 0.1) is 0 Å². The van der Waals surface area contributed by atoms with Crippen LogP contribution in [0.3, 0.4) is 0 Å². The van der Waals surface area contributed by atoms with Crippen molar-refractivity contribution in [1.82, 2.24) is 0 Å². The number of ether oxygens (including phenoxy) is 3. The van der Waals surface area contributed by atoms with E-state index in [9.17, 15) is 14.4 Å². The second-order valence-corrected chi connectivity index (χ2v) is 22.3. The van der Waals surface area contributed by atoms with E-state index in [0.717, 1.165) is 148 Å². The fourth-order valence-electron chi connectivity index (χ4n) is 9.36. The van der Waals surface area contributed by atoms with Gasteiger partial charge >= 0.3 is 17.9 Å². The number of carbonyl (C=O) groups is 3. The van der Waals surface area contributed by atoms with Gasteiger partial charge in [0.05, 0.1) is 0 Å². The Hall–Kier alpha value is -4.45. The van der Waals surface area contributed by atoms with E-state index in [1.807, 2.05) is 0 Å². The van der Waals surface area contributed by atoms with Gasteiger partial charge < -0.3 is 14.2 Å². The van der Waals surface area contributed by atoms with E-state index >= 15 is 0 Å². The molecule has 0 aromatic carbocycles. The van der Waals surface area contributed by atoms with E-state index < -0.39 is 6.10 Å². The summed E-state index contributed by atoms with van der Waals surface area (Å²) in [5.74, 6) is -0.909. The maximum Gasteiger partial charge on any atom is 0.306 e. The van der Waals surface area contributed by atoms with Crippen molar-refractivity contribution >= 4 is 17.9 Å². The van der Waals surface area contributed by atoms with Gasteiger partial charge in [-0.05, 0) is 116 Å². The van der Waals surface area contributed by atoms with E-state index in [1.54, 1.807) is 0 Å². The summed E-state index contributed by atoms with van der Waals surface area (Å²) in [6.45, 7) is 6.35. The van der Waals surface area contributed by atoms with Gasteiger partial charge in [0.2, 0.25) is 0 Å². The van der Waals surface area contributed by atoms with Crippen molar-refractivity contribution in [2.75, 3.05) is 13.2 Å². The first kappa shape index (κ1) is 77.5. The SMILES string of the molecule is CC/C=C\C/C=C\C/C=C\C/C=C\C/C=C\C/C=C\C/C=C\CCCCCCCC(=O)OC(COC(=O)CCCCCCCC)COC(=O)CCCCCCCCCCCCCCCCCCCC/C=C\C/C=C\C/C=C\C/C=C\CC. The quantitative estimate of drug-likeness (QED) is 0.0261. The Morgan fingerprint density at radius 2 is 0.476 bits per heavy atom. The first-order valence-corrected chi connectivity index (χ1v) is 34.2. The summed E-state index contributed by atoms with van der Waals surface area (Å²) in [7, 11) is 0. The van der Waals surface area contributed by atoms with Crippen LogP contribution in [0.25, 0.3) is 0 Å². The number of unbranched alkanes of at least 4 members (excludes halogenated alkanes) is 28. The van der Waals surface area contributed by atoms with E-state index in [-0.39, 0.29) is 31.1 Å². The van der Waals surface area contributed by atoms with Crippen LogP contribution in [-0.4, -0.2) is 37.2 Å². The molecule has 0 N–H and O–H groups in total. The van der Waals surface area contributed by atoms with Crippen molar-refractivity contribution in [2.45, 2.75) is 316 Å². The highest BCUT2D eigenvalue weighted by Crippen LogP contribution is 2.17. The van der Waals surface area contributed by atoms with Gasteiger partial charge in [0.25, 0.3) is 0 Å². The summed E-state index contributed by atoms with van der Waals surface area (Å²) in [4.78, 5) is 38.1. The topological polar surface area (TPSA) is 78.9 Å². The molecule has 0 bridgehead atoms. The molecule has 0 aromatic heterocycles. The molecule has 6 nitrogen and oxygen atoms in total. The number of carbonyl (C=O) groups excluding carboxylic acids is 3. The van der Waals surface area contributed by atoms with Crippen molar-refractivity contribution in [3.05, 3.63) is 134 Å². The molecule has 0 rings (SSSR count). The van der Waals surface area contributed by atoms with Crippen LogP contribution >= 0.6 is 0 Å². The van der Waals surface area contributed by atoms with Crippen molar-refractivity contribution < 1.29 is 28.6 Å². The van der Waals surface area contributed by atoms with Gasteiger partial charge in [-0.3, -0.25) is 14.4 Å². The van der Waals surface area contributed by atoms with Crippen molar-refractivity contribution in [3.8, 4) is 0 Å². The molecule has 0 aliphatic carbocycles. The first-order chi connectivity index (χ1) is 40.5. The molecular weight excluding hydrogens is 1010 g/mol. The Kier molecular flexibility index (Phi) is 65.3. The van der Waals surface area contributed by atoms with Crippen molar-refractivity contribution in [1.29, 1.82) is 0 Å². The Morgan fingerprint density at radius 1 is 0.256 bits per heavy atom. The molecule has 1 atom stereocenters. The second-order valence-electron chi connectivity index (χ2n) is 22.3. The third kappa shape index (κ3) is 66.4. The van der Waals surface area contributed by atoms with Crippen molar-refractivity contribution in [3.63, 3.8) is 0 Å². The summed E-state index contributed by atoms with van der Waals surface area (Å²) in [6.07, 6.45) is 98.0. The Morgan fingerprint density at radius 3 is 0.744 bits per heavy atom. The minimum atomic E-state index is -0.789. The zero-order chi connectivity index (χ0) is 59.2. The molecule has 0 fully saturated rings. The molecule has 466 valence electrons. The lowest BCUT2D eigenvalue weighted by Gasteiger charge is -2.18. The summed E-state index contributed by atoms with van der Waals surface area (Å²) < 4.78 is 16.8. The molecule has 0 amide bonds. The van der Waals surface area contributed by atoms with Gasteiger partial charge in [-0.2, -0.15) is 0 Å². The van der Waals surface area contributed by atoms with Gasteiger partial charge in [0, 0.05) is 19.3 Å². The normalized spacial score (nSPS) is 13.0. The lowest BCUT2D eigenvalue weighted by atomic mass is 10.0. The van der Waals surface area contributed by atoms with E-state index in [4.69, 9.17) is 14.2 Å². The highest BCUT2D eigenvalue weighted by atomic mass is 16.6. The zero-order valence-corrected chi connectivity index (χ0v) is 53.5. The molecule has 0 saturated heterocycles. The Labute approximate surface area is 506 Å². The van der Waals surface area contributed by atoms with Gasteiger partial charge in [0.1, 0.15) is 13.2 Å². The maximum absolute atomic E-state index is 12.9. The molecule has 0 spiro atoms. The predicted molar refractivity (Wildman–Crippen MR) is 357 cm³/mol. The number of hydrogen-bond acceptors (Lipinski definition) is 6. The number of allylic oxidation sites excluding steroid dienone is 22. The van der Waals surface area contributed by atoms with E-state index in [1.165, 1.54) is 122 Å². The van der Waals surface area contributed by atoms with Crippen LogP contribution < -0.4 is 0 Å². The smallest absolute Gasteiger partial charge is 0.306 e. The molecule has 82 heavy (non-hydrogen) atoms. The minimum Gasteiger partial charge on any atom is -0.462 e. The standard InChI is InChI=1S/C76H126O6/c1-4-7-10-13-16-18-20-22-24-26-28-30-32-34-36-37-38-39-41-42-44-46-48-50-52-54-56-58-60-63-66-69-75(78)81-72-73(71-80-74(77)68-65-62-15-12-9-6-3)82-76(79)70-67-64-61-59-57-55-53-51-49-47-45-43-40-35-33-31-29-27-25-23-21-19-17-14-11-8-5-2/h7-8,10-11,16-19,22-25,28-31,35,40,45,47,51,53,73H,4-6,9,12-15,20-21,26-27,32-34,36-39,41-44,46,48-50,52,54-72H2,1-3H3/b10-7-,11-8-,18-16-,19-17-,24-22-,25-23-,30-28-,31-29-,40-35-,47-45-,53-51-. The number of rotatable bonds is 61. The summed E-state index contributed by atoms with van der Waals surface area (Å²) in [5, 5.41) is 0. The highest BCUT2D eigenvalue weighted by molar-refractivity contribution is 5.71. The summed E-state index contributed by atoms with van der Waals surface area (Å²) >= 11 is 0. The third-order valence-electron chi connectivity index (χ3n) is 14.4. The molecule has 6 heteroatoms. The van der Waals surface area contributed by atoms with Crippen LogP contribution in [0.15, 0.2) is 134 Å². The largest absolute Gasteiger partial charge is 0.462 e. The molecule has 0 radical (unpaired) electrons. The van der Waals surface area contributed by atoms with Crippen LogP contribution in [-0.2, 0) is 28.6 Å². The summed E-state index contributed by atoms with van der Waals surface area (Å²) in [5.41, 5.74) is 0. The molecule has 0 saturated carbocycles. The van der Waals surface area contributed by atoms with Gasteiger partial charge in [-0.25, -0.2) is 0 Å². The average Bonchev–Trinajstić information content (AvgIpc) is 3.47. The van der Waals surface area contributed by atoms with Gasteiger partial charge in [-0.15, -0.1) is 0 Å². The maximum atomic E-state index is 12.9. The van der Waals surface area contributed by atoms with Crippen LogP contribution in [0.2, 0.25) is 0 Å². The predicted octanol–water partition coefficient (Wildman–Crippen LogP) is 23.7. The Bertz CT molecular complexity index is 1730. The molecule has 1 unspecified atom stereocenters. The number of esters is 3. The fourth-order valence-corrected chi connectivity index (χ4v) is 9.36. The average molecular weight is 1140 g/mol. The van der Waals surface area contributed by atoms with Crippen LogP contribution in [0.4, 0.5) is 0 Å². The fraction of sp³-hybridized carbons (Fsp3) is 0.671. The molecule has 0 aromatic rings. The van der Waals surface area contributed by atoms with E-state index in [2.05, 4.69) is 154 Å². The highest BCUT2D eigenvalue weighted by Gasteiger charge is 2.19. The molecule has 0 aliphatic heterocycles. The van der Waals surface area contributed by atoms with E-state index in [0.29, 0.717) is 19.3 Å². The molecular formula is C76H126O6. The van der Waals surface area contributed by atoms with Crippen LogP contribution in [0.1, 0.15) is 310 Å². The van der Waals surface area contributed by atoms with Gasteiger partial charge in [-0.1, -0.05) is 309 Å².